The molecule has 0 bridgehead atoms. The van der Waals surface area contributed by atoms with Crippen molar-refractivity contribution in [2.45, 2.75) is 13.0 Å². The number of aryl methyl sites for hydroxylation is 1. The van der Waals surface area contributed by atoms with Gasteiger partial charge in [0.25, 0.3) is 0 Å². The molecular formula is C13H14Br2N4O. The van der Waals surface area contributed by atoms with Crippen LogP contribution in [0.4, 0.5) is 10.5 Å². The Hall–Kier alpha value is -1.34. The number of carbonyl (C=O) groups excluding carboxylic acids is 1. The van der Waals surface area contributed by atoms with Gasteiger partial charge in [0.15, 0.2) is 0 Å². The van der Waals surface area contributed by atoms with E-state index in [4.69, 9.17) is 0 Å². The minimum Gasteiger partial charge on any atom is -0.338 e. The first-order valence-corrected chi connectivity index (χ1v) is 7.71. The summed E-state index contributed by atoms with van der Waals surface area (Å²) in [6.07, 6.45) is 4.47. The third-order valence-corrected chi connectivity index (χ3v) is 3.74. The van der Waals surface area contributed by atoms with Crippen molar-refractivity contribution in [3.8, 4) is 0 Å². The highest BCUT2D eigenvalue weighted by Crippen LogP contribution is 2.25. The highest BCUT2D eigenvalue weighted by Gasteiger charge is 2.05. The van der Waals surface area contributed by atoms with Gasteiger partial charge in [0, 0.05) is 34.4 Å². The molecule has 0 spiro atoms. The van der Waals surface area contributed by atoms with Crippen LogP contribution in [0.25, 0.3) is 0 Å². The molecule has 0 aliphatic rings. The summed E-state index contributed by atoms with van der Waals surface area (Å²) >= 11 is 6.77. The largest absolute Gasteiger partial charge is 0.338 e. The predicted octanol–water partition coefficient (Wildman–Crippen LogP) is 3.62. The number of amides is 2. The molecule has 0 radical (unpaired) electrons. The molecule has 2 aromatic rings. The average molecular weight is 402 g/mol. The molecule has 2 N–H and O–H groups in total. The van der Waals surface area contributed by atoms with Crippen molar-refractivity contribution in [3.05, 3.63) is 45.6 Å². The molecule has 106 valence electrons. The molecule has 20 heavy (non-hydrogen) atoms. The normalized spacial score (nSPS) is 10.3. The van der Waals surface area contributed by atoms with Crippen LogP contribution in [0.5, 0.6) is 0 Å². The van der Waals surface area contributed by atoms with Crippen LogP contribution >= 0.6 is 31.9 Å². The van der Waals surface area contributed by atoms with Crippen LogP contribution in [0.15, 0.2) is 45.6 Å². The molecule has 1 aromatic carbocycles. The number of aromatic nitrogens is 2. The summed E-state index contributed by atoms with van der Waals surface area (Å²) in [4.78, 5) is 11.7. The van der Waals surface area contributed by atoms with E-state index < -0.39 is 0 Å². The van der Waals surface area contributed by atoms with Gasteiger partial charge in [0.2, 0.25) is 0 Å². The zero-order chi connectivity index (χ0) is 14.4. The maximum Gasteiger partial charge on any atom is 0.319 e. The topological polar surface area (TPSA) is 59.0 Å². The van der Waals surface area contributed by atoms with Crippen LogP contribution in [0, 0.1) is 0 Å². The van der Waals surface area contributed by atoms with Gasteiger partial charge in [-0.25, -0.2) is 4.79 Å². The van der Waals surface area contributed by atoms with Gasteiger partial charge in [0.05, 0.1) is 5.69 Å². The number of hydrogen-bond donors (Lipinski definition) is 2. The molecule has 0 aliphatic carbocycles. The smallest absolute Gasteiger partial charge is 0.319 e. The van der Waals surface area contributed by atoms with Gasteiger partial charge in [0.1, 0.15) is 0 Å². The Bertz CT molecular complexity index is 572. The fourth-order valence-electron chi connectivity index (χ4n) is 1.63. The Balaban J connectivity index is 1.72. The number of anilines is 1. The Morgan fingerprint density at radius 3 is 2.90 bits per heavy atom. The molecule has 0 fully saturated rings. The number of carbonyl (C=O) groups is 1. The molecule has 7 heteroatoms. The highest BCUT2D eigenvalue weighted by molar-refractivity contribution is 9.11. The molecule has 0 unspecified atom stereocenters. The molecule has 5 nitrogen and oxygen atoms in total. The Kier molecular flexibility index (Phi) is 5.60. The summed E-state index contributed by atoms with van der Waals surface area (Å²) < 4.78 is 3.62. The van der Waals surface area contributed by atoms with Crippen molar-refractivity contribution >= 4 is 43.6 Å². The maximum atomic E-state index is 11.7. The lowest BCUT2D eigenvalue weighted by Gasteiger charge is -2.09. The minimum atomic E-state index is -0.214. The summed E-state index contributed by atoms with van der Waals surface area (Å²) in [5.41, 5.74) is 0.734. The number of nitrogens with one attached hydrogen (secondary N) is 2. The van der Waals surface area contributed by atoms with Crippen LogP contribution in [-0.4, -0.2) is 22.4 Å². The monoisotopic (exact) mass is 400 g/mol. The number of nitrogens with zero attached hydrogens (tertiary/aromatic N) is 2. The van der Waals surface area contributed by atoms with Crippen LogP contribution in [0.3, 0.4) is 0 Å². The second kappa shape index (κ2) is 7.44. The fraction of sp³-hybridized carbons (Fsp3) is 0.231. The van der Waals surface area contributed by atoms with E-state index in [9.17, 15) is 4.79 Å². The summed E-state index contributed by atoms with van der Waals surface area (Å²) in [7, 11) is 0. The van der Waals surface area contributed by atoms with Crippen molar-refractivity contribution in [2.24, 2.45) is 0 Å². The maximum absolute atomic E-state index is 11.7. The van der Waals surface area contributed by atoms with E-state index in [1.54, 1.807) is 6.20 Å². The van der Waals surface area contributed by atoms with Crippen LogP contribution in [-0.2, 0) is 6.54 Å². The first kappa shape index (κ1) is 15.1. The summed E-state index contributed by atoms with van der Waals surface area (Å²) in [6, 6.07) is 7.25. The zero-order valence-corrected chi connectivity index (χ0v) is 13.8. The molecule has 2 amide bonds. The fourth-order valence-corrected chi connectivity index (χ4v) is 2.78. The molecule has 1 aromatic heterocycles. The Morgan fingerprint density at radius 2 is 2.20 bits per heavy atom. The second-order valence-electron chi connectivity index (χ2n) is 4.13. The molecule has 0 saturated heterocycles. The number of rotatable bonds is 5. The SMILES string of the molecule is O=C(NCCCn1cccn1)Nc1ccc(Br)cc1Br. The third kappa shape index (κ3) is 4.64. The first-order chi connectivity index (χ1) is 9.65. The summed E-state index contributed by atoms with van der Waals surface area (Å²) in [6.45, 7) is 1.38. The second-order valence-corrected chi connectivity index (χ2v) is 5.90. The van der Waals surface area contributed by atoms with Crippen molar-refractivity contribution in [1.29, 1.82) is 0 Å². The molecular weight excluding hydrogens is 388 g/mol. The lowest BCUT2D eigenvalue weighted by molar-refractivity contribution is 0.251. The summed E-state index contributed by atoms with van der Waals surface area (Å²) in [5, 5.41) is 9.70. The van der Waals surface area contributed by atoms with E-state index in [0.717, 1.165) is 27.6 Å². The molecule has 1 heterocycles. The van der Waals surface area contributed by atoms with Gasteiger partial charge in [-0.05, 0) is 46.6 Å². The van der Waals surface area contributed by atoms with Crippen molar-refractivity contribution in [2.75, 3.05) is 11.9 Å². The van der Waals surface area contributed by atoms with Gasteiger partial charge in [-0.2, -0.15) is 5.10 Å². The standard InChI is InChI=1S/C13H14Br2N4O/c14-10-3-4-12(11(15)9-10)18-13(20)16-5-1-7-19-8-2-6-17-19/h2-4,6,8-9H,1,5,7H2,(H2,16,18,20). The van der Waals surface area contributed by atoms with E-state index in [1.807, 2.05) is 35.1 Å². The Morgan fingerprint density at radius 1 is 1.35 bits per heavy atom. The zero-order valence-electron chi connectivity index (χ0n) is 10.6. The van der Waals surface area contributed by atoms with Crippen LogP contribution in [0.1, 0.15) is 6.42 Å². The number of urea groups is 1. The van der Waals surface area contributed by atoms with Gasteiger partial charge in [-0.1, -0.05) is 15.9 Å². The van der Waals surface area contributed by atoms with Gasteiger partial charge < -0.3 is 10.6 Å². The van der Waals surface area contributed by atoms with Crippen LogP contribution in [0.2, 0.25) is 0 Å². The third-order valence-electron chi connectivity index (χ3n) is 2.59. The van der Waals surface area contributed by atoms with Crippen molar-refractivity contribution < 1.29 is 4.79 Å². The van der Waals surface area contributed by atoms with E-state index in [1.165, 1.54) is 0 Å². The van der Waals surface area contributed by atoms with Gasteiger partial charge in [-0.15, -0.1) is 0 Å². The van der Waals surface area contributed by atoms with E-state index in [2.05, 4.69) is 47.6 Å². The van der Waals surface area contributed by atoms with Gasteiger partial charge in [-0.3, -0.25) is 4.68 Å². The molecule has 2 rings (SSSR count). The Labute approximate surface area is 134 Å². The number of halogens is 2. The number of benzene rings is 1. The minimum absolute atomic E-state index is 0.214. The molecule has 0 atom stereocenters. The first-order valence-electron chi connectivity index (χ1n) is 6.12. The quantitative estimate of drug-likeness (QED) is 0.751. The van der Waals surface area contributed by atoms with Crippen molar-refractivity contribution in [1.82, 2.24) is 15.1 Å². The average Bonchev–Trinajstić information content (AvgIpc) is 2.91. The van der Waals surface area contributed by atoms with Crippen LogP contribution < -0.4 is 10.6 Å². The van der Waals surface area contributed by atoms with Crippen molar-refractivity contribution in [3.63, 3.8) is 0 Å². The lowest BCUT2D eigenvalue weighted by atomic mass is 10.3. The lowest BCUT2D eigenvalue weighted by Crippen LogP contribution is -2.30. The van der Waals surface area contributed by atoms with E-state index in [-0.39, 0.29) is 6.03 Å². The predicted molar refractivity (Wildman–Crippen MR) is 85.7 cm³/mol. The molecule has 0 aliphatic heterocycles. The van der Waals surface area contributed by atoms with E-state index in [0.29, 0.717) is 6.54 Å². The van der Waals surface area contributed by atoms with E-state index >= 15 is 0 Å². The number of hydrogen-bond acceptors (Lipinski definition) is 2. The highest BCUT2D eigenvalue weighted by atomic mass is 79.9. The molecule has 0 saturated carbocycles. The summed E-state index contributed by atoms with van der Waals surface area (Å²) in [5.74, 6) is 0. The van der Waals surface area contributed by atoms with Gasteiger partial charge >= 0.3 is 6.03 Å².